The van der Waals surface area contributed by atoms with Crippen LogP contribution in [0.15, 0.2) is 17.0 Å². The van der Waals surface area contributed by atoms with Gasteiger partial charge in [0.15, 0.2) is 0 Å². The van der Waals surface area contributed by atoms with Crippen LogP contribution < -0.4 is 10.5 Å². The normalized spacial score (nSPS) is 18.6. The lowest BCUT2D eigenvalue weighted by molar-refractivity contribution is 0.219. The Morgan fingerprint density at radius 1 is 1.24 bits per heavy atom. The average Bonchev–Trinajstić information content (AvgIpc) is 2.36. The van der Waals surface area contributed by atoms with Crippen molar-refractivity contribution in [2.45, 2.75) is 43.9 Å². The molecule has 7 heteroatoms. The second-order valence-electron chi connectivity index (χ2n) is 6.00. The Kier molecular flexibility index (Phi) is 5.08. The largest absolute Gasteiger partial charge is 0.398 e. The van der Waals surface area contributed by atoms with Crippen molar-refractivity contribution in [1.29, 1.82) is 0 Å². The van der Waals surface area contributed by atoms with Crippen LogP contribution in [0.3, 0.4) is 0 Å². The van der Waals surface area contributed by atoms with Crippen LogP contribution in [0.1, 0.15) is 39.0 Å². The molecule has 0 radical (unpaired) electrons. The zero-order valence-electron chi connectivity index (χ0n) is 12.0. The molecule has 0 aliphatic heterocycles. The zero-order chi connectivity index (χ0) is 15.7. The van der Waals surface area contributed by atoms with E-state index in [4.69, 9.17) is 28.9 Å². The molecule has 1 aromatic rings. The van der Waals surface area contributed by atoms with Crippen LogP contribution in [-0.4, -0.2) is 15.0 Å². The lowest BCUT2D eigenvalue weighted by Gasteiger charge is -2.33. The lowest BCUT2D eigenvalue weighted by Crippen LogP contribution is -2.37. The first-order valence-electron chi connectivity index (χ1n) is 6.98. The third-order valence-corrected chi connectivity index (χ3v) is 6.20. The predicted octanol–water partition coefficient (Wildman–Crippen LogP) is 3.82. The SMILES string of the molecule is CC1(CNS(=O)(=O)c2c(N)cc(Cl)cc2Cl)CCCCC1. The maximum Gasteiger partial charge on any atom is 0.244 e. The van der Waals surface area contributed by atoms with Crippen LogP contribution in [0.5, 0.6) is 0 Å². The highest BCUT2D eigenvalue weighted by Crippen LogP contribution is 2.36. The molecule has 1 aliphatic carbocycles. The van der Waals surface area contributed by atoms with E-state index in [9.17, 15) is 8.42 Å². The van der Waals surface area contributed by atoms with Crippen LogP contribution in [0.2, 0.25) is 10.0 Å². The smallest absolute Gasteiger partial charge is 0.244 e. The Bertz CT molecular complexity index is 603. The second kappa shape index (κ2) is 6.32. The monoisotopic (exact) mass is 350 g/mol. The molecule has 0 spiro atoms. The van der Waals surface area contributed by atoms with Gasteiger partial charge in [0.2, 0.25) is 10.0 Å². The van der Waals surface area contributed by atoms with Crippen LogP contribution >= 0.6 is 23.2 Å². The van der Waals surface area contributed by atoms with Gasteiger partial charge in [-0.15, -0.1) is 0 Å². The minimum atomic E-state index is -3.74. The molecule has 1 saturated carbocycles. The molecule has 1 fully saturated rings. The van der Waals surface area contributed by atoms with E-state index >= 15 is 0 Å². The predicted molar refractivity (Wildman–Crippen MR) is 87.3 cm³/mol. The van der Waals surface area contributed by atoms with Crippen molar-refractivity contribution in [2.75, 3.05) is 12.3 Å². The van der Waals surface area contributed by atoms with Gasteiger partial charge in [0.25, 0.3) is 0 Å². The van der Waals surface area contributed by atoms with E-state index in [1.807, 2.05) is 0 Å². The molecule has 4 nitrogen and oxygen atoms in total. The fourth-order valence-corrected chi connectivity index (χ4v) is 4.97. The van der Waals surface area contributed by atoms with E-state index < -0.39 is 10.0 Å². The fraction of sp³-hybridized carbons (Fsp3) is 0.571. The van der Waals surface area contributed by atoms with E-state index in [1.54, 1.807) is 0 Å². The van der Waals surface area contributed by atoms with Crippen molar-refractivity contribution < 1.29 is 8.42 Å². The van der Waals surface area contributed by atoms with E-state index in [2.05, 4.69) is 11.6 Å². The number of rotatable bonds is 4. The summed E-state index contributed by atoms with van der Waals surface area (Å²) in [7, 11) is -3.74. The Labute approximate surface area is 136 Å². The Morgan fingerprint density at radius 2 is 1.86 bits per heavy atom. The number of hydrogen-bond acceptors (Lipinski definition) is 3. The zero-order valence-corrected chi connectivity index (χ0v) is 14.3. The maximum atomic E-state index is 12.5. The van der Waals surface area contributed by atoms with Crippen molar-refractivity contribution in [3.8, 4) is 0 Å². The molecule has 0 heterocycles. The molecule has 0 saturated heterocycles. The molecular formula is C14H20Cl2N2O2S. The van der Waals surface area contributed by atoms with Gasteiger partial charge in [-0.05, 0) is 30.4 Å². The third-order valence-electron chi connectivity index (χ3n) is 4.06. The number of sulfonamides is 1. The van der Waals surface area contributed by atoms with Gasteiger partial charge in [0.1, 0.15) is 4.90 Å². The van der Waals surface area contributed by atoms with Gasteiger partial charge < -0.3 is 5.73 Å². The number of nitrogen functional groups attached to an aromatic ring is 1. The van der Waals surface area contributed by atoms with Crippen molar-refractivity contribution in [1.82, 2.24) is 4.72 Å². The van der Waals surface area contributed by atoms with Crippen molar-refractivity contribution in [3.05, 3.63) is 22.2 Å². The summed E-state index contributed by atoms with van der Waals surface area (Å²) in [6.45, 7) is 2.51. The van der Waals surface area contributed by atoms with Gasteiger partial charge in [0, 0.05) is 11.6 Å². The lowest BCUT2D eigenvalue weighted by atomic mass is 9.76. The van der Waals surface area contributed by atoms with E-state index in [0.717, 1.165) is 25.7 Å². The topological polar surface area (TPSA) is 72.2 Å². The van der Waals surface area contributed by atoms with Crippen LogP contribution in [0.4, 0.5) is 5.69 Å². The molecule has 3 N–H and O–H groups in total. The number of anilines is 1. The molecule has 21 heavy (non-hydrogen) atoms. The Balaban J connectivity index is 2.19. The Hall–Kier alpha value is -0.490. The number of benzene rings is 1. The number of halogens is 2. The van der Waals surface area contributed by atoms with E-state index in [0.29, 0.717) is 11.6 Å². The molecule has 1 aromatic carbocycles. The van der Waals surface area contributed by atoms with Crippen molar-refractivity contribution >= 4 is 38.9 Å². The first kappa shape index (κ1) is 16.9. The summed E-state index contributed by atoms with van der Waals surface area (Å²) < 4.78 is 27.6. The van der Waals surface area contributed by atoms with Crippen LogP contribution in [-0.2, 0) is 10.0 Å². The third kappa shape index (κ3) is 4.03. The number of nitrogens with two attached hydrogens (primary N) is 1. The summed E-state index contributed by atoms with van der Waals surface area (Å²) >= 11 is 11.8. The highest BCUT2D eigenvalue weighted by atomic mass is 35.5. The molecule has 0 aromatic heterocycles. The fourth-order valence-electron chi connectivity index (χ4n) is 2.79. The van der Waals surface area contributed by atoms with Gasteiger partial charge in [-0.1, -0.05) is 49.4 Å². The number of hydrogen-bond donors (Lipinski definition) is 2. The number of nitrogens with one attached hydrogen (secondary N) is 1. The van der Waals surface area contributed by atoms with Gasteiger partial charge in [0.05, 0.1) is 10.7 Å². The van der Waals surface area contributed by atoms with Gasteiger partial charge in [-0.2, -0.15) is 0 Å². The summed E-state index contributed by atoms with van der Waals surface area (Å²) in [6.07, 6.45) is 5.56. The molecule has 0 bridgehead atoms. The highest BCUT2D eigenvalue weighted by molar-refractivity contribution is 7.89. The minimum Gasteiger partial charge on any atom is -0.398 e. The van der Waals surface area contributed by atoms with E-state index in [-0.39, 0.29) is 21.0 Å². The quantitative estimate of drug-likeness (QED) is 0.810. The van der Waals surface area contributed by atoms with Gasteiger partial charge in [-0.3, -0.25) is 0 Å². The molecule has 118 valence electrons. The molecule has 2 rings (SSSR count). The van der Waals surface area contributed by atoms with Gasteiger partial charge in [-0.25, -0.2) is 13.1 Å². The molecule has 0 amide bonds. The molecule has 0 unspecified atom stereocenters. The summed E-state index contributed by atoms with van der Waals surface area (Å²) in [4.78, 5) is -0.0898. The highest BCUT2D eigenvalue weighted by Gasteiger charge is 2.30. The molecule has 1 aliphatic rings. The summed E-state index contributed by atoms with van der Waals surface area (Å²) in [5.41, 5.74) is 5.82. The summed E-state index contributed by atoms with van der Waals surface area (Å²) in [6, 6.07) is 2.78. The Morgan fingerprint density at radius 3 is 2.43 bits per heavy atom. The first-order chi connectivity index (χ1) is 9.73. The van der Waals surface area contributed by atoms with Crippen LogP contribution in [0.25, 0.3) is 0 Å². The van der Waals surface area contributed by atoms with Crippen molar-refractivity contribution in [2.24, 2.45) is 5.41 Å². The maximum absolute atomic E-state index is 12.5. The summed E-state index contributed by atoms with van der Waals surface area (Å²) in [5, 5.41) is 0.358. The second-order valence-corrected chi connectivity index (χ2v) is 8.55. The van der Waals surface area contributed by atoms with E-state index in [1.165, 1.54) is 18.6 Å². The van der Waals surface area contributed by atoms with Gasteiger partial charge >= 0.3 is 0 Å². The molecule has 0 atom stereocenters. The first-order valence-corrected chi connectivity index (χ1v) is 9.22. The molecular weight excluding hydrogens is 331 g/mol. The summed E-state index contributed by atoms with van der Waals surface area (Å²) in [5.74, 6) is 0. The van der Waals surface area contributed by atoms with Crippen LogP contribution in [0, 0.1) is 5.41 Å². The minimum absolute atomic E-state index is 0.00101. The average molecular weight is 351 g/mol. The standard InChI is InChI=1S/C14H20Cl2N2O2S/c1-14(5-3-2-4-6-14)9-18-21(19,20)13-11(16)7-10(15)8-12(13)17/h7-8,18H,2-6,9,17H2,1H3. The van der Waals surface area contributed by atoms with Crippen molar-refractivity contribution in [3.63, 3.8) is 0 Å².